The van der Waals surface area contributed by atoms with E-state index in [0.717, 1.165) is 27.1 Å². The van der Waals surface area contributed by atoms with Gasteiger partial charge in [0.05, 0.1) is 6.04 Å². The minimum Gasteiger partial charge on any atom is -0.466 e. The highest BCUT2D eigenvalue weighted by Crippen LogP contribution is 2.37. The Bertz CT molecular complexity index is 533. The molecular formula is C12H15BrN2OS. The van der Waals surface area contributed by atoms with Gasteiger partial charge in [0.2, 0.25) is 0 Å². The van der Waals surface area contributed by atoms with Crippen molar-refractivity contribution < 1.29 is 4.42 Å². The molecule has 0 saturated carbocycles. The Morgan fingerprint density at radius 3 is 2.47 bits per heavy atom. The van der Waals surface area contributed by atoms with Gasteiger partial charge in [-0.2, -0.15) is 0 Å². The summed E-state index contributed by atoms with van der Waals surface area (Å²) >= 11 is 5.22. The van der Waals surface area contributed by atoms with Gasteiger partial charge in [-0.15, -0.1) is 11.3 Å². The molecule has 2 aromatic rings. The zero-order valence-corrected chi connectivity index (χ0v) is 12.4. The highest BCUT2D eigenvalue weighted by atomic mass is 79.9. The summed E-state index contributed by atoms with van der Waals surface area (Å²) in [4.78, 5) is 1.17. The van der Waals surface area contributed by atoms with E-state index in [1.165, 1.54) is 4.88 Å². The predicted octanol–water partition coefficient (Wildman–Crippen LogP) is 3.58. The largest absolute Gasteiger partial charge is 0.466 e. The number of halogens is 1. The number of hydrogen-bond donors (Lipinski definition) is 2. The summed E-state index contributed by atoms with van der Waals surface area (Å²) in [6.07, 6.45) is 0. The number of furan rings is 1. The summed E-state index contributed by atoms with van der Waals surface area (Å²) in [6.45, 7) is 6.01. The van der Waals surface area contributed by atoms with Gasteiger partial charge in [0.15, 0.2) is 0 Å². The van der Waals surface area contributed by atoms with E-state index in [0.29, 0.717) is 0 Å². The van der Waals surface area contributed by atoms with Crippen LogP contribution in [0.4, 0.5) is 0 Å². The van der Waals surface area contributed by atoms with Crippen LogP contribution in [0, 0.1) is 20.8 Å². The van der Waals surface area contributed by atoms with Crippen LogP contribution in [0.2, 0.25) is 0 Å². The monoisotopic (exact) mass is 314 g/mol. The lowest BCUT2D eigenvalue weighted by molar-refractivity contribution is 0.494. The lowest BCUT2D eigenvalue weighted by Gasteiger charge is -2.15. The molecule has 1 unspecified atom stereocenters. The summed E-state index contributed by atoms with van der Waals surface area (Å²) in [6, 6.07) is 2.00. The fourth-order valence-electron chi connectivity index (χ4n) is 2.04. The fourth-order valence-corrected chi connectivity index (χ4v) is 3.71. The maximum Gasteiger partial charge on any atom is 0.106 e. The standard InChI is InChI=1S/C12H15BrN2OS/c1-6-7(2)16-8(3)10(6)11(15-14)12-9(13)4-5-17-12/h4-5,11,15H,14H2,1-3H3. The van der Waals surface area contributed by atoms with Gasteiger partial charge in [0, 0.05) is 14.9 Å². The first-order chi connectivity index (χ1) is 8.06. The van der Waals surface area contributed by atoms with E-state index in [-0.39, 0.29) is 6.04 Å². The summed E-state index contributed by atoms with van der Waals surface area (Å²) in [5.74, 6) is 7.58. The fraction of sp³-hybridized carbons (Fsp3) is 0.333. The Morgan fingerprint density at radius 2 is 2.06 bits per heavy atom. The first-order valence-corrected chi connectivity index (χ1v) is 6.99. The summed E-state index contributed by atoms with van der Waals surface area (Å²) < 4.78 is 6.73. The van der Waals surface area contributed by atoms with E-state index in [1.54, 1.807) is 11.3 Å². The van der Waals surface area contributed by atoms with Gasteiger partial charge in [-0.1, -0.05) is 0 Å². The van der Waals surface area contributed by atoms with Gasteiger partial charge < -0.3 is 4.42 Å². The molecule has 2 rings (SSSR count). The molecule has 0 aliphatic heterocycles. The van der Waals surface area contributed by atoms with Crippen LogP contribution in [-0.4, -0.2) is 0 Å². The predicted molar refractivity (Wildman–Crippen MR) is 74.1 cm³/mol. The molecule has 0 aliphatic carbocycles. The summed E-state index contributed by atoms with van der Waals surface area (Å²) in [7, 11) is 0. The van der Waals surface area contributed by atoms with Crippen LogP contribution in [0.3, 0.4) is 0 Å². The molecule has 1 atom stereocenters. The average molecular weight is 315 g/mol. The van der Waals surface area contributed by atoms with Crippen molar-refractivity contribution in [2.75, 3.05) is 0 Å². The van der Waals surface area contributed by atoms with Gasteiger partial charge in [0.1, 0.15) is 11.5 Å². The van der Waals surface area contributed by atoms with E-state index in [2.05, 4.69) is 28.3 Å². The third-order valence-corrected chi connectivity index (χ3v) is 4.92. The van der Waals surface area contributed by atoms with Gasteiger partial charge in [-0.3, -0.25) is 5.84 Å². The van der Waals surface area contributed by atoms with Crippen LogP contribution < -0.4 is 11.3 Å². The first-order valence-electron chi connectivity index (χ1n) is 5.31. The molecule has 2 heterocycles. The molecule has 0 spiro atoms. The lowest BCUT2D eigenvalue weighted by Crippen LogP contribution is -2.29. The molecule has 3 nitrogen and oxygen atoms in total. The highest BCUT2D eigenvalue weighted by Gasteiger charge is 2.24. The first kappa shape index (κ1) is 12.8. The third kappa shape index (κ3) is 2.20. The molecule has 92 valence electrons. The van der Waals surface area contributed by atoms with Crippen LogP contribution >= 0.6 is 27.3 Å². The maximum absolute atomic E-state index is 5.71. The molecule has 0 saturated heterocycles. The lowest BCUT2D eigenvalue weighted by atomic mass is 10.0. The number of aryl methyl sites for hydroxylation is 2. The normalized spacial score (nSPS) is 13.0. The van der Waals surface area contributed by atoms with Crippen LogP contribution in [0.15, 0.2) is 20.3 Å². The summed E-state index contributed by atoms with van der Waals surface area (Å²) in [5.41, 5.74) is 5.17. The Morgan fingerprint density at radius 1 is 1.35 bits per heavy atom. The van der Waals surface area contributed by atoms with Crippen LogP contribution in [0.1, 0.15) is 33.6 Å². The number of hydrogen-bond acceptors (Lipinski definition) is 4. The number of thiophene rings is 1. The van der Waals surface area contributed by atoms with Crippen LogP contribution in [-0.2, 0) is 0 Å². The van der Waals surface area contributed by atoms with Crippen molar-refractivity contribution in [1.29, 1.82) is 0 Å². The number of rotatable bonds is 3. The molecule has 0 aromatic carbocycles. The van der Waals surface area contributed by atoms with E-state index >= 15 is 0 Å². The Hall–Kier alpha value is -0.620. The minimum absolute atomic E-state index is 0.0261. The van der Waals surface area contributed by atoms with Gasteiger partial charge in [-0.25, -0.2) is 5.43 Å². The van der Waals surface area contributed by atoms with Gasteiger partial charge in [0.25, 0.3) is 0 Å². The van der Waals surface area contributed by atoms with E-state index in [4.69, 9.17) is 10.3 Å². The quantitative estimate of drug-likeness (QED) is 0.672. The second kappa shape index (κ2) is 4.94. The molecule has 2 aromatic heterocycles. The number of hydrazine groups is 1. The Balaban J connectivity index is 2.53. The molecule has 3 N–H and O–H groups in total. The molecular weight excluding hydrogens is 300 g/mol. The average Bonchev–Trinajstić information content (AvgIpc) is 2.79. The van der Waals surface area contributed by atoms with Crippen LogP contribution in [0.25, 0.3) is 0 Å². The van der Waals surface area contributed by atoms with Crippen molar-refractivity contribution in [2.24, 2.45) is 5.84 Å². The highest BCUT2D eigenvalue weighted by molar-refractivity contribution is 9.10. The van der Waals surface area contributed by atoms with Gasteiger partial charge in [-0.05, 0) is 53.7 Å². The van der Waals surface area contributed by atoms with Crippen molar-refractivity contribution in [2.45, 2.75) is 26.8 Å². The Kier molecular flexibility index (Phi) is 3.73. The smallest absolute Gasteiger partial charge is 0.106 e. The zero-order valence-electron chi connectivity index (χ0n) is 10.0. The van der Waals surface area contributed by atoms with E-state index < -0.39 is 0 Å². The van der Waals surface area contributed by atoms with Crippen molar-refractivity contribution in [3.8, 4) is 0 Å². The molecule has 0 bridgehead atoms. The molecule has 0 fully saturated rings. The van der Waals surface area contributed by atoms with Crippen molar-refractivity contribution in [3.05, 3.63) is 43.4 Å². The minimum atomic E-state index is -0.0261. The number of nitrogens with one attached hydrogen (secondary N) is 1. The van der Waals surface area contributed by atoms with Crippen molar-refractivity contribution in [1.82, 2.24) is 5.43 Å². The van der Waals surface area contributed by atoms with Crippen molar-refractivity contribution >= 4 is 27.3 Å². The van der Waals surface area contributed by atoms with E-state index in [1.807, 2.05) is 25.3 Å². The summed E-state index contributed by atoms with van der Waals surface area (Å²) in [5, 5.41) is 2.04. The number of nitrogens with two attached hydrogens (primary N) is 1. The van der Waals surface area contributed by atoms with Crippen LogP contribution in [0.5, 0.6) is 0 Å². The van der Waals surface area contributed by atoms with Gasteiger partial charge >= 0.3 is 0 Å². The molecule has 0 radical (unpaired) electrons. The Labute approximate surface area is 113 Å². The molecule has 17 heavy (non-hydrogen) atoms. The SMILES string of the molecule is Cc1oc(C)c(C(NN)c2sccc2Br)c1C. The molecule has 0 amide bonds. The van der Waals surface area contributed by atoms with Crippen molar-refractivity contribution in [3.63, 3.8) is 0 Å². The molecule has 0 aliphatic rings. The topological polar surface area (TPSA) is 51.2 Å². The zero-order chi connectivity index (χ0) is 12.6. The maximum atomic E-state index is 5.71. The van der Waals surface area contributed by atoms with E-state index in [9.17, 15) is 0 Å². The second-order valence-electron chi connectivity index (χ2n) is 3.99. The second-order valence-corrected chi connectivity index (χ2v) is 5.79. The third-order valence-electron chi connectivity index (χ3n) is 2.98. The molecule has 5 heteroatoms.